The number of hydrogen-bond donors (Lipinski definition) is 0. The van der Waals surface area contributed by atoms with E-state index >= 15 is 0 Å². The Kier molecular flexibility index (Phi) is 4.97. The lowest BCUT2D eigenvalue weighted by molar-refractivity contribution is 0.0970. The molecule has 0 aliphatic heterocycles. The molecule has 0 bridgehead atoms. The van der Waals surface area contributed by atoms with Gasteiger partial charge in [-0.2, -0.15) is 0 Å². The SMILES string of the molecule is Cn1c(-c2ccc(F)cc2Cl)nnc1C(C)(C)Oc1ccc(Cl)c2ccccc12. The van der Waals surface area contributed by atoms with Crippen molar-refractivity contribution >= 4 is 34.0 Å². The van der Waals surface area contributed by atoms with Crippen LogP contribution in [0.1, 0.15) is 19.7 Å². The number of hydrogen-bond acceptors (Lipinski definition) is 3. The van der Waals surface area contributed by atoms with Crippen LogP contribution in [0.25, 0.3) is 22.2 Å². The summed E-state index contributed by atoms with van der Waals surface area (Å²) in [7, 11) is 1.83. The van der Waals surface area contributed by atoms with Crippen molar-refractivity contribution in [2.24, 2.45) is 7.05 Å². The maximum atomic E-state index is 13.4. The molecular formula is C22H18Cl2FN3O. The van der Waals surface area contributed by atoms with Crippen LogP contribution >= 0.6 is 23.2 Å². The fourth-order valence-corrected chi connectivity index (χ4v) is 3.88. The van der Waals surface area contributed by atoms with Crippen LogP contribution in [0.15, 0.2) is 54.6 Å². The fraction of sp³-hybridized carbons (Fsp3) is 0.182. The maximum Gasteiger partial charge on any atom is 0.176 e. The molecule has 0 N–H and O–H groups in total. The molecule has 4 nitrogen and oxygen atoms in total. The van der Waals surface area contributed by atoms with E-state index in [1.165, 1.54) is 12.1 Å². The number of benzene rings is 3. The zero-order chi connectivity index (χ0) is 20.8. The van der Waals surface area contributed by atoms with Crippen LogP contribution in [0.5, 0.6) is 5.75 Å². The van der Waals surface area contributed by atoms with Crippen molar-refractivity contribution in [2.75, 3.05) is 0 Å². The third kappa shape index (κ3) is 3.56. The molecule has 1 aromatic heterocycles. The van der Waals surface area contributed by atoms with E-state index < -0.39 is 11.4 Å². The smallest absolute Gasteiger partial charge is 0.176 e. The number of fused-ring (bicyclic) bond motifs is 1. The molecule has 29 heavy (non-hydrogen) atoms. The van der Waals surface area contributed by atoms with Gasteiger partial charge in [0, 0.05) is 28.4 Å². The third-order valence-electron chi connectivity index (χ3n) is 4.78. The molecule has 0 aliphatic carbocycles. The van der Waals surface area contributed by atoms with Crippen molar-refractivity contribution < 1.29 is 9.13 Å². The quantitative estimate of drug-likeness (QED) is 0.376. The molecule has 4 aromatic rings. The van der Waals surface area contributed by atoms with Gasteiger partial charge in [-0.1, -0.05) is 47.5 Å². The van der Waals surface area contributed by atoms with Crippen molar-refractivity contribution in [3.8, 4) is 17.1 Å². The molecule has 148 valence electrons. The molecule has 0 unspecified atom stereocenters. The van der Waals surface area contributed by atoms with Crippen molar-refractivity contribution in [1.82, 2.24) is 14.8 Å². The highest BCUT2D eigenvalue weighted by Gasteiger charge is 2.31. The lowest BCUT2D eigenvalue weighted by Crippen LogP contribution is -2.29. The van der Waals surface area contributed by atoms with Crippen molar-refractivity contribution in [3.63, 3.8) is 0 Å². The van der Waals surface area contributed by atoms with E-state index in [0.29, 0.717) is 28.0 Å². The molecular weight excluding hydrogens is 412 g/mol. The van der Waals surface area contributed by atoms with Gasteiger partial charge in [0.1, 0.15) is 11.6 Å². The molecule has 1 heterocycles. The van der Waals surface area contributed by atoms with Crippen LogP contribution in [0.2, 0.25) is 10.0 Å². The standard InChI is InChI=1S/C22H18Cl2FN3O/c1-22(2,29-19-11-10-17(23)14-6-4-5-7-15(14)19)21-27-26-20(28(21)3)16-9-8-13(25)12-18(16)24/h4-12H,1-3H3. The van der Waals surface area contributed by atoms with E-state index in [-0.39, 0.29) is 5.02 Å². The van der Waals surface area contributed by atoms with Crippen molar-refractivity contribution in [3.05, 3.63) is 76.3 Å². The van der Waals surface area contributed by atoms with Crippen molar-refractivity contribution in [2.45, 2.75) is 19.4 Å². The second kappa shape index (κ2) is 7.32. The van der Waals surface area contributed by atoms with Crippen LogP contribution in [0.3, 0.4) is 0 Å². The molecule has 0 saturated heterocycles. The molecule has 0 radical (unpaired) electrons. The number of nitrogens with zero attached hydrogens (tertiary/aromatic N) is 3. The van der Waals surface area contributed by atoms with Crippen LogP contribution in [-0.4, -0.2) is 14.8 Å². The Morgan fingerprint density at radius 3 is 2.38 bits per heavy atom. The highest BCUT2D eigenvalue weighted by molar-refractivity contribution is 6.35. The number of aromatic nitrogens is 3. The van der Waals surface area contributed by atoms with Gasteiger partial charge >= 0.3 is 0 Å². The highest BCUT2D eigenvalue weighted by atomic mass is 35.5. The molecule has 0 amide bonds. The second-order valence-electron chi connectivity index (χ2n) is 7.23. The zero-order valence-corrected chi connectivity index (χ0v) is 17.6. The minimum atomic E-state index is -0.802. The molecule has 0 saturated carbocycles. The van der Waals surface area contributed by atoms with Gasteiger partial charge in [0.15, 0.2) is 17.2 Å². The molecule has 0 spiro atoms. The summed E-state index contributed by atoms with van der Waals surface area (Å²) in [6.07, 6.45) is 0. The second-order valence-corrected chi connectivity index (χ2v) is 8.05. The summed E-state index contributed by atoms with van der Waals surface area (Å²) in [5, 5.41) is 11.4. The molecule has 4 rings (SSSR count). The Hall–Kier alpha value is -2.63. The van der Waals surface area contributed by atoms with Gasteiger partial charge < -0.3 is 9.30 Å². The zero-order valence-electron chi connectivity index (χ0n) is 16.1. The summed E-state index contributed by atoms with van der Waals surface area (Å²) < 4.78 is 21.6. The molecule has 7 heteroatoms. The summed E-state index contributed by atoms with van der Waals surface area (Å²) in [5.74, 6) is 1.42. The average molecular weight is 430 g/mol. The normalized spacial score (nSPS) is 11.8. The Morgan fingerprint density at radius 2 is 1.66 bits per heavy atom. The Balaban J connectivity index is 1.74. The monoisotopic (exact) mass is 429 g/mol. The van der Waals surface area contributed by atoms with Gasteiger partial charge in [-0.05, 0) is 44.2 Å². The summed E-state index contributed by atoms with van der Waals surface area (Å²) in [6, 6.07) is 15.6. The molecule has 0 aliphatic rings. The average Bonchev–Trinajstić information content (AvgIpc) is 3.06. The Morgan fingerprint density at radius 1 is 0.931 bits per heavy atom. The number of rotatable bonds is 4. The van der Waals surface area contributed by atoms with E-state index in [4.69, 9.17) is 27.9 Å². The highest BCUT2D eigenvalue weighted by Crippen LogP contribution is 2.36. The van der Waals surface area contributed by atoms with E-state index in [0.717, 1.165) is 10.8 Å². The van der Waals surface area contributed by atoms with Gasteiger partial charge in [0.2, 0.25) is 0 Å². The number of halogens is 3. The van der Waals surface area contributed by atoms with Gasteiger partial charge in [0.05, 0.1) is 5.02 Å². The first kappa shape index (κ1) is 19.7. The van der Waals surface area contributed by atoms with Gasteiger partial charge in [-0.25, -0.2) is 4.39 Å². The van der Waals surface area contributed by atoms with E-state index in [2.05, 4.69) is 10.2 Å². The summed E-state index contributed by atoms with van der Waals surface area (Å²) in [5.41, 5.74) is -0.203. The Bertz CT molecular complexity index is 1220. The van der Waals surface area contributed by atoms with E-state index in [9.17, 15) is 4.39 Å². The molecule has 3 aromatic carbocycles. The van der Waals surface area contributed by atoms with Gasteiger partial charge in [0.25, 0.3) is 0 Å². The first-order valence-corrected chi connectivity index (χ1v) is 9.75. The lowest BCUT2D eigenvalue weighted by atomic mass is 10.1. The van der Waals surface area contributed by atoms with Crippen LogP contribution < -0.4 is 4.74 Å². The predicted octanol–water partition coefficient (Wildman–Crippen LogP) is 6.40. The minimum Gasteiger partial charge on any atom is -0.479 e. The molecule has 0 atom stereocenters. The first-order chi connectivity index (χ1) is 13.8. The summed E-state index contributed by atoms with van der Waals surface area (Å²) >= 11 is 12.5. The van der Waals surface area contributed by atoms with Crippen molar-refractivity contribution in [1.29, 1.82) is 0 Å². The lowest BCUT2D eigenvalue weighted by Gasteiger charge is -2.26. The third-order valence-corrected chi connectivity index (χ3v) is 5.42. The first-order valence-electron chi connectivity index (χ1n) is 8.99. The minimum absolute atomic E-state index is 0.273. The van der Waals surface area contributed by atoms with E-state index in [1.54, 1.807) is 10.6 Å². The predicted molar refractivity (Wildman–Crippen MR) is 114 cm³/mol. The van der Waals surface area contributed by atoms with E-state index in [1.807, 2.05) is 57.3 Å². The fourth-order valence-electron chi connectivity index (χ4n) is 3.40. The topological polar surface area (TPSA) is 39.9 Å². The van der Waals surface area contributed by atoms with Crippen LogP contribution in [0.4, 0.5) is 4.39 Å². The van der Waals surface area contributed by atoms with Gasteiger partial charge in [-0.15, -0.1) is 10.2 Å². The summed E-state index contributed by atoms with van der Waals surface area (Å²) in [4.78, 5) is 0. The Labute approximate surface area is 177 Å². The van der Waals surface area contributed by atoms with Crippen LogP contribution in [0, 0.1) is 5.82 Å². The molecule has 0 fully saturated rings. The maximum absolute atomic E-state index is 13.4. The largest absolute Gasteiger partial charge is 0.479 e. The number of ether oxygens (including phenoxy) is 1. The van der Waals surface area contributed by atoms with Crippen LogP contribution in [-0.2, 0) is 12.6 Å². The summed E-state index contributed by atoms with van der Waals surface area (Å²) in [6.45, 7) is 3.83. The van der Waals surface area contributed by atoms with Gasteiger partial charge in [-0.3, -0.25) is 0 Å².